The van der Waals surface area contributed by atoms with Gasteiger partial charge in [-0.1, -0.05) is 64.7 Å². The number of carbonyl (C=O) groups excluding carboxylic acids is 1. The fourth-order valence-corrected chi connectivity index (χ4v) is 1.84. The number of primary amides is 1. The van der Waals surface area contributed by atoms with Gasteiger partial charge in [-0.3, -0.25) is 4.79 Å². The lowest BCUT2D eigenvalue weighted by atomic mass is 10.0. The summed E-state index contributed by atoms with van der Waals surface area (Å²) in [5, 5.41) is 0. The molecule has 0 saturated heterocycles. The Morgan fingerprint density at radius 1 is 1.17 bits per heavy atom. The van der Waals surface area contributed by atoms with Crippen molar-refractivity contribution in [2.75, 3.05) is 0 Å². The van der Waals surface area contributed by atoms with E-state index >= 15 is 0 Å². The lowest BCUT2D eigenvalue weighted by Gasteiger charge is -2.04. The van der Waals surface area contributed by atoms with E-state index in [4.69, 9.17) is 5.73 Å². The normalized spacial score (nSPS) is 12.6. The minimum Gasteiger partial charge on any atom is -0.366 e. The van der Waals surface area contributed by atoms with Crippen molar-refractivity contribution in [3.05, 3.63) is 23.8 Å². The van der Waals surface area contributed by atoms with E-state index in [-0.39, 0.29) is 5.91 Å². The number of hydrogen-bond donors (Lipinski definition) is 1. The maximum atomic E-state index is 11.2. The molecule has 0 fully saturated rings. The molecule has 104 valence electrons. The molecule has 0 aromatic rings. The van der Waals surface area contributed by atoms with E-state index in [9.17, 15) is 4.79 Å². The average molecular weight is 251 g/mol. The molecule has 0 rings (SSSR count). The third-order valence-corrected chi connectivity index (χ3v) is 2.85. The predicted molar refractivity (Wildman–Crippen MR) is 79.2 cm³/mol. The van der Waals surface area contributed by atoms with Crippen LogP contribution in [0.4, 0.5) is 0 Å². The van der Waals surface area contributed by atoms with E-state index in [1.807, 2.05) is 12.2 Å². The molecule has 0 unspecified atom stereocenters. The van der Waals surface area contributed by atoms with Crippen molar-refractivity contribution in [2.24, 2.45) is 11.7 Å². The van der Waals surface area contributed by atoms with Gasteiger partial charge in [-0.15, -0.1) is 0 Å². The van der Waals surface area contributed by atoms with Crippen molar-refractivity contribution in [3.8, 4) is 0 Å². The fourth-order valence-electron chi connectivity index (χ4n) is 1.84. The van der Waals surface area contributed by atoms with E-state index in [1.165, 1.54) is 32.1 Å². The van der Waals surface area contributed by atoms with Crippen molar-refractivity contribution in [3.63, 3.8) is 0 Å². The summed E-state index contributed by atoms with van der Waals surface area (Å²) in [4.78, 5) is 11.2. The van der Waals surface area contributed by atoms with Gasteiger partial charge in [-0.05, 0) is 25.2 Å². The summed E-state index contributed by atoms with van der Waals surface area (Å²) in [5.41, 5.74) is 6.07. The van der Waals surface area contributed by atoms with Gasteiger partial charge < -0.3 is 5.73 Å². The van der Waals surface area contributed by atoms with Gasteiger partial charge in [-0.25, -0.2) is 0 Å². The third-order valence-electron chi connectivity index (χ3n) is 2.85. The number of nitrogens with two attached hydrogens (primary N) is 1. The average Bonchev–Trinajstić information content (AvgIpc) is 2.30. The quantitative estimate of drug-likeness (QED) is 0.350. The highest BCUT2D eigenvalue weighted by Crippen LogP contribution is 2.10. The lowest BCUT2D eigenvalue weighted by Crippen LogP contribution is -2.15. The van der Waals surface area contributed by atoms with Gasteiger partial charge in [0.1, 0.15) is 0 Å². The van der Waals surface area contributed by atoms with Gasteiger partial charge in [0.2, 0.25) is 5.91 Å². The molecule has 0 aliphatic heterocycles. The zero-order valence-electron chi connectivity index (χ0n) is 12.2. The molecule has 18 heavy (non-hydrogen) atoms. The van der Waals surface area contributed by atoms with Crippen LogP contribution in [0.5, 0.6) is 0 Å². The van der Waals surface area contributed by atoms with Gasteiger partial charge in [0, 0.05) is 5.57 Å². The van der Waals surface area contributed by atoms with Crippen LogP contribution in [-0.2, 0) is 4.79 Å². The summed E-state index contributed by atoms with van der Waals surface area (Å²) >= 11 is 0. The van der Waals surface area contributed by atoms with Crippen molar-refractivity contribution >= 4 is 5.91 Å². The number of unbranched alkanes of at least 4 members (excludes halogenated alkanes) is 5. The van der Waals surface area contributed by atoms with Crippen molar-refractivity contribution in [1.29, 1.82) is 0 Å². The summed E-state index contributed by atoms with van der Waals surface area (Å²) in [6.07, 6.45) is 14.3. The molecule has 0 aliphatic carbocycles. The van der Waals surface area contributed by atoms with Crippen LogP contribution in [0.25, 0.3) is 0 Å². The van der Waals surface area contributed by atoms with Crippen LogP contribution in [0.2, 0.25) is 0 Å². The monoisotopic (exact) mass is 251 g/mol. The highest BCUT2D eigenvalue weighted by Gasteiger charge is 2.05. The molecule has 0 spiro atoms. The second-order valence-electron chi connectivity index (χ2n) is 5.29. The van der Waals surface area contributed by atoms with Crippen LogP contribution < -0.4 is 5.73 Å². The Balaban J connectivity index is 3.89. The number of amides is 1. The van der Waals surface area contributed by atoms with E-state index in [1.54, 1.807) is 0 Å². The molecule has 2 heteroatoms. The number of allylic oxidation sites excluding steroid dienone is 3. The lowest BCUT2D eigenvalue weighted by molar-refractivity contribution is -0.114. The topological polar surface area (TPSA) is 43.1 Å². The second-order valence-corrected chi connectivity index (χ2v) is 5.29. The Bertz CT molecular complexity index is 277. The first-order valence-electron chi connectivity index (χ1n) is 7.23. The molecule has 0 aromatic heterocycles. The standard InChI is InChI=1S/C16H29NO/c1-4-5-6-7-8-9-10-11-12-15(16(17)18)13-14(2)3/h10-12,14H,4-9,13H2,1-3H3,(H2,17,18). The smallest absolute Gasteiger partial charge is 0.244 e. The predicted octanol–water partition coefficient (Wildman–Crippen LogP) is 4.36. The van der Waals surface area contributed by atoms with Gasteiger partial charge in [0.15, 0.2) is 0 Å². The summed E-state index contributed by atoms with van der Waals surface area (Å²) in [7, 11) is 0. The van der Waals surface area contributed by atoms with Crippen LogP contribution in [0.1, 0.15) is 65.7 Å². The Kier molecular flexibility index (Phi) is 10.4. The highest BCUT2D eigenvalue weighted by atomic mass is 16.1. The fraction of sp³-hybridized carbons (Fsp3) is 0.688. The number of rotatable bonds is 10. The first kappa shape index (κ1) is 16.9. The van der Waals surface area contributed by atoms with Crippen molar-refractivity contribution in [1.82, 2.24) is 0 Å². The first-order chi connectivity index (χ1) is 8.57. The minimum atomic E-state index is -0.295. The Hall–Kier alpha value is -1.05. The Labute approximate surface area is 112 Å². The van der Waals surface area contributed by atoms with Crippen LogP contribution in [0, 0.1) is 5.92 Å². The van der Waals surface area contributed by atoms with E-state index in [2.05, 4.69) is 26.8 Å². The molecule has 0 saturated carbocycles. The summed E-state index contributed by atoms with van der Waals surface area (Å²) < 4.78 is 0. The zero-order chi connectivity index (χ0) is 13.8. The molecule has 2 N–H and O–H groups in total. The maximum absolute atomic E-state index is 11.2. The number of hydrogen-bond acceptors (Lipinski definition) is 1. The number of carbonyl (C=O) groups is 1. The summed E-state index contributed by atoms with van der Waals surface area (Å²) in [6.45, 7) is 6.41. The summed E-state index contributed by atoms with van der Waals surface area (Å²) in [5.74, 6) is 0.169. The molecular weight excluding hydrogens is 222 g/mol. The van der Waals surface area contributed by atoms with Crippen LogP contribution in [-0.4, -0.2) is 5.91 Å². The van der Waals surface area contributed by atoms with Gasteiger partial charge in [0.25, 0.3) is 0 Å². The van der Waals surface area contributed by atoms with E-state index in [0.29, 0.717) is 5.92 Å². The van der Waals surface area contributed by atoms with E-state index < -0.39 is 0 Å². The van der Waals surface area contributed by atoms with Crippen LogP contribution in [0.15, 0.2) is 23.8 Å². The van der Waals surface area contributed by atoms with Crippen LogP contribution in [0.3, 0.4) is 0 Å². The molecule has 0 heterocycles. The molecule has 2 nitrogen and oxygen atoms in total. The molecule has 1 amide bonds. The maximum Gasteiger partial charge on any atom is 0.244 e. The SMILES string of the molecule is CCCCCCCC=CC=C(CC(C)C)C(N)=O. The highest BCUT2D eigenvalue weighted by molar-refractivity contribution is 5.92. The summed E-state index contributed by atoms with van der Waals surface area (Å²) in [6, 6.07) is 0. The Morgan fingerprint density at radius 3 is 2.39 bits per heavy atom. The Morgan fingerprint density at radius 2 is 1.83 bits per heavy atom. The molecule has 0 radical (unpaired) electrons. The van der Waals surface area contributed by atoms with Crippen LogP contribution >= 0.6 is 0 Å². The van der Waals surface area contributed by atoms with Gasteiger partial charge in [-0.2, -0.15) is 0 Å². The van der Waals surface area contributed by atoms with E-state index in [0.717, 1.165) is 18.4 Å². The van der Waals surface area contributed by atoms with Gasteiger partial charge >= 0.3 is 0 Å². The molecule has 0 aromatic carbocycles. The van der Waals surface area contributed by atoms with Crippen molar-refractivity contribution < 1.29 is 4.79 Å². The molecule has 0 bridgehead atoms. The van der Waals surface area contributed by atoms with Crippen molar-refractivity contribution in [2.45, 2.75) is 65.7 Å². The molecular formula is C16H29NO. The third kappa shape index (κ3) is 10.1. The first-order valence-corrected chi connectivity index (χ1v) is 7.23. The van der Waals surface area contributed by atoms with Gasteiger partial charge in [0.05, 0.1) is 0 Å². The largest absolute Gasteiger partial charge is 0.366 e. The second kappa shape index (κ2) is 11.1. The zero-order valence-corrected chi connectivity index (χ0v) is 12.2. The molecule has 0 atom stereocenters. The minimum absolute atomic E-state index is 0.295. The molecule has 0 aliphatic rings.